The van der Waals surface area contributed by atoms with Crippen LogP contribution in [0.2, 0.25) is 5.15 Å². The quantitative estimate of drug-likeness (QED) is 0.246. The van der Waals surface area contributed by atoms with Gasteiger partial charge >= 0.3 is 5.97 Å². The first kappa shape index (κ1) is 22.7. The molecule has 12 heteroatoms. The van der Waals surface area contributed by atoms with Gasteiger partial charge in [-0.2, -0.15) is 0 Å². The molecule has 2 aliphatic rings. The Morgan fingerprint density at radius 2 is 2.06 bits per heavy atom. The molecule has 4 unspecified atom stereocenters. The molecule has 0 bridgehead atoms. The summed E-state index contributed by atoms with van der Waals surface area (Å²) >= 11 is 7.88. The summed E-state index contributed by atoms with van der Waals surface area (Å²) in [6.07, 6.45) is 0.439. The van der Waals surface area contributed by atoms with E-state index in [1.54, 1.807) is 11.6 Å². The number of thioether (sulfide) groups is 1. The molecule has 3 heterocycles. The molecule has 1 aliphatic carbocycles. The number of halogens is 1. The van der Waals surface area contributed by atoms with Crippen LogP contribution in [0.3, 0.4) is 0 Å². The molecule has 2 fully saturated rings. The average molecular weight is 472 g/mol. The third-order valence-corrected chi connectivity index (χ3v) is 6.43. The maximum atomic E-state index is 11.8. The molecule has 1 saturated carbocycles. The Morgan fingerprint density at radius 3 is 2.81 bits per heavy atom. The van der Waals surface area contributed by atoms with E-state index < -0.39 is 11.8 Å². The smallest absolute Gasteiger partial charge is 0.332 e. The summed E-state index contributed by atoms with van der Waals surface area (Å²) in [6.45, 7) is 7.70. The second-order valence-corrected chi connectivity index (χ2v) is 9.29. The van der Waals surface area contributed by atoms with Gasteiger partial charge in [-0.3, -0.25) is 0 Å². The molecule has 0 N–H and O–H groups in total. The number of hydrogen-bond acceptors (Lipinski definition) is 10. The van der Waals surface area contributed by atoms with Crippen molar-refractivity contribution in [1.29, 1.82) is 0 Å². The largest absolute Gasteiger partial charge is 0.464 e. The van der Waals surface area contributed by atoms with Crippen molar-refractivity contribution in [2.75, 3.05) is 19.0 Å². The van der Waals surface area contributed by atoms with Gasteiger partial charge in [0.1, 0.15) is 18.8 Å². The van der Waals surface area contributed by atoms with Crippen LogP contribution in [0.1, 0.15) is 46.6 Å². The minimum atomic E-state index is -0.787. The molecule has 2 aromatic heterocycles. The summed E-state index contributed by atoms with van der Waals surface area (Å²) in [5.74, 6) is -0.319. The number of esters is 1. The predicted molar refractivity (Wildman–Crippen MR) is 113 cm³/mol. The van der Waals surface area contributed by atoms with E-state index in [0.29, 0.717) is 29.3 Å². The highest BCUT2D eigenvalue weighted by Crippen LogP contribution is 2.45. The highest BCUT2D eigenvalue weighted by atomic mass is 35.5. The van der Waals surface area contributed by atoms with E-state index in [4.69, 9.17) is 30.5 Å². The molecule has 0 spiro atoms. The van der Waals surface area contributed by atoms with E-state index in [2.05, 4.69) is 27.2 Å². The third kappa shape index (κ3) is 4.65. The molecular weight excluding hydrogens is 446 g/mol. The van der Waals surface area contributed by atoms with Crippen LogP contribution in [0.25, 0.3) is 11.2 Å². The number of hydrogen-bond donors (Lipinski definition) is 0. The monoisotopic (exact) mass is 471 g/mol. The summed E-state index contributed by atoms with van der Waals surface area (Å²) < 4.78 is 24.8. The Bertz CT molecular complexity index is 957. The fraction of sp³-hybridized carbons (Fsp3) is 0.737. The van der Waals surface area contributed by atoms with Gasteiger partial charge in [0, 0.05) is 12.2 Å². The van der Waals surface area contributed by atoms with Crippen molar-refractivity contribution in [1.82, 2.24) is 25.0 Å². The molecule has 0 aromatic carbocycles. The Morgan fingerprint density at radius 1 is 1.29 bits per heavy atom. The molecule has 4 rings (SSSR count). The Labute approximate surface area is 189 Å². The number of ether oxygens (including phenoxy) is 4. The van der Waals surface area contributed by atoms with Gasteiger partial charge in [-0.25, -0.2) is 19.4 Å². The van der Waals surface area contributed by atoms with Crippen molar-refractivity contribution in [3.05, 3.63) is 5.15 Å². The van der Waals surface area contributed by atoms with Gasteiger partial charge in [0.05, 0.1) is 18.8 Å². The van der Waals surface area contributed by atoms with Gasteiger partial charge in [0.25, 0.3) is 0 Å². The van der Waals surface area contributed by atoms with Crippen LogP contribution in [0, 0.1) is 0 Å². The number of nitrogens with zero attached hydrogens (tertiary/aromatic N) is 5. The number of aromatic nitrogens is 5. The van der Waals surface area contributed by atoms with Crippen molar-refractivity contribution >= 4 is 40.5 Å². The summed E-state index contributed by atoms with van der Waals surface area (Å²) in [6, 6.07) is -0.251. The van der Waals surface area contributed by atoms with E-state index in [9.17, 15) is 4.79 Å². The first-order chi connectivity index (χ1) is 14.8. The summed E-state index contributed by atoms with van der Waals surface area (Å²) in [5.41, 5.74) is 0.981. The molecule has 10 nitrogen and oxygen atoms in total. The van der Waals surface area contributed by atoms with E-state index in [-0.39, 0.29) is 36.1 Å². The van der Waals surface area contributed by atoms with Crippen LogP contribution in [-0.2, 0) is 23.7 Å². The topological polar surface area (TPSA) is 110 Å². The van der Waals surface area contributed by atoms with Crippen molar-refractivity contribution in [3.63, 3.8) is 0 Å². The molecule has 31 heavy (non-hydrogen) atoms. The van der Waals surface area contributed by atoms with Crippen molar-refractivity contribution in [2.45, 2.75) is 75.8 Å². The Kier molecular flexibility index (Phi) is 6.68. The van der Waals surface area contributed by atoms with Crippen LogP contribution >= 0.6 is 23.4 Å². The van der Waals surface area contributed by atoms with Crippen LogP contribution in [0.15, 0.2) is 5.16 Å². The fourth-order valence-electron chi connectivity index (χ4n) is 3.95. The molecule has 0 amide bonds. The number of rotatable bonds is 8. The van der Waals surface area contributed by atoms with Crippen molar-refractivity contribution < 1.29 is 23.7 Å². The molecular formula is C19H26ClN5O5S. The van der Waals surface area contributed by atoms with Crippen LogP contribution in [0.5, 0.6) is 0 Å². The van der Waals surface area contributed by atoms with Gasteiger partial charge in [-0.05, 0) is 27.2 Å². The number of carbonyl (C=O) groups excluding carboxylic acids is 1. The first-order valence-electron chi connectivity index (χ1n) is 10.4. The minimum absolute atomic E-state index is 0.151. The van der Waals surface area contributed by atoms with Gasteiger partial charge in [-0.15, -0.1) is 5.10 Å². The zero-order valence-corrected chi connectivity index (χ0v) is 19.5. The first-order valence-corrected chi connectivity index (χ1v) is 11.7. The highest BCUT2D eigenvalue weighted by Gasteiger charge is 2.56. The SMILES string of the molecule is CCCSc1nc(Cl)c2nnn(C3CC(OCC(=O)OCC)C4OC(C)(C)OC43)c2n1. The second-order valence-electron chi connectivity index (χ2n) is 7.87. The lowest BCUT2D eigenvalue weighted by Crippen LogP contribution is -2.32. The van der Waals surface area contributed by atoms with Crippen molar-refractivity contribution in [2.24, 2.45) is 0 Å². The maximum absolute atomic E-state index is 11.8. The van der Waals surface area contributed by atoms with E-state index in [1.165, 1.54) is 11.8 Å². The molecule has 170 valence electrons. The van der Waals surface area contributed by atoms with Crippen molar-refractivity contribution in [3.8, 4) is 0 Å². The number of carbonyl (C=O) groups is 1. The Hall–Kier alpha value is -1.53. The zero-order valence-electron chi connectivity index (χ0n) is 17.9. The normalized spacial score (nSPS) is 27.0. The van der Waals surface area contributed by atoms with Gasteiger partial charge in [0.15, 0.2) is 27.3 Å². The standard InChI is InChI=1S/C19H26ClN5O5S/c1-5-7-31-18-21-16(20)13-17(22-18)25(24-23-13)10-8-11(28-9-12(26)27-6-2)15-14(10)29-19(3,4)30-15/h10-11,14-15H,5-9H2,1-4H3. The average Bonchev–Trinajstić information content (AvgIpc) is 3.36. The summed E-state index contributed by atoms with van der Waals surface area (Å²) in [7, 11) is 0. The summed E-state index contributed by atoms with van der Waals surface area (Å²) in [5, 5.41) is 9.36. The van der Waals surface area contributed by atoms with Crippen LogP contribution in [-0.4, -0.2) is 74.0 Å². The predicted octanol–water partition coefficient (Wildman–Crippen LogP) is 2.79. The lowest BCUT2D eigenvalue weighted by molar-refractivity contribution is -0.174. The molecule has 1 saturated heterocycles. The minimum Gasteiger partial charge on any atom is -0.464 e. The van der Waals surface area contributed by atoms with E-state index in [1.807, 2.05) is 13.8 Å². The molecule has 0 radical (unpaired) electrons. The van der Waals surface area contributed by atoms with Gasteiger partial charge in [-0.1, -0.05) is 35.5 Å². The van der Waals surface area contributed by atoms with E-state index in [0.717, 1.165) is 12.2 Å². The fourth-order valence-corrected chi connectivity index (χ4v) is 4.89. The second kappa shape index (κ2) is 9.14. The number of fused-ring (bicyclic) bond motifs is 2. The molecule has 4 atom stereocenters. The maximum Gasteiger partial charge on any atom is 0.332 e. The van der Waals surface area contributed by atoms with E-state index >= 15 is 0 Å². The van der Waals surface area contributed by atoms with Crippen LogP contribution < -0.4 is 0 Å². The molecule has 1 aliphatic heterocycles. The molecule has 2 aromatic rings. The third-order valence-electron chi connectivity index (χ3n) is 5.11. The lowest BCUT2D eigenvalue weighted by Gasteiger charge is -2.23. The van der Waals surface area contributed by atoms with Gasteiger partial charge in [0.2, 0.25) is 0 Å². The van der Waals surface area contributed by atoms with Gasteiger partial charge < -0.3 is 18.9 Å². The Balaban J connectivity index is 1.62. The van der Waals surface area contributed by atoms with Crippen LogP contribution in [0.4, 0.5) is 0 Å². The summed E-state index contributed by atoms with van der Waals surface area (Å²) in [4.78, 5) is 20.8. The zero-order chi connectivity index (χ0) is 22.2. The highest BCUT2D eigenvalue weighted by molar-refractivity contribution is 7.99. The lowest BCUT2D eigenvalue weighted by atomic mass is 10.2.